The van der Waals surface area contributed by atoms with Crippen LogP contribution in [0.5, 0.6) is 0 Å². The summed E-state index contributed by atoms with van der Waals surface area (Å²) in [7, 11) is 0. The molecule has 6 heteroatoms. The minimum absolute atomic E-state index is 0.175. The van der Waals surface area contributed by atoms with Crippen LogP contribution in [0.15, 0.2) is 60.7 Å². The second-order valence-corrected chi connectivity index (χ2v) is 5.04. The largest absolute Gasteiger partial charge is 0.399 e. The summed E-state index contributed by atoms with van der Waals surface area (Å²) in [6.45, 7) is 0. The number of nitrogens with zero attached hydrogens (tertiary/aromatic N) is 2. The lowest BCUT2D eigenvalue weighted by Crippen LogP contribution is -1.96. The summed E-state index contributed by atoms with van der Waals surface area (Å²) in [4.78, 5) is 8.10. The zero-order valence-corrected chi connectivity index (χ0v) is 13.1. The Balaban J connectivity index is 0.000000211. The molecule has 0 radical (unpaired) electrons. The van der Waals surface area contributed by atoms with Crippen LogP contribution < -0.4 is 11.5 Å². The Kier molecular flexibility index (Phi) is 5.58. The van der Waals surface area contributed by atoms with Gasteiger partial charge in [-0.05, 0) is 12.1 Å². The second kappa shape index (κ2) is 7.64. The monoisotopic (exact) mass is 332 g/mol. The fourth-order valence-electron chi connectivity index (χ4n) is 1.59. The van der Waals surface area contributed by atoms with Crippen LogP contribution >= 0.6 is 23.2 Å². The van der Waals surface area contributed by atoms with Crippen LogP contribution in [-0.4, -0.2) is 9.97 Å². The summed E-state index contributed by atoms with van der Waals surface area (Å²) in [5.41, 5.74) is 12.8. The number of hydrogen-bond donors (Lipinski definition) is 2. The molecule has 0 spiro atoms. The maximum atomic E-state index is 5.81. The Bertz CT molecular complexity index is 711. The van der Waals surface area contributed by atoms with E-state index in [1.807, 2.05) is 60.7 Å². The van der Waals surface area contributed by atoms with E-state index in [0.717, 1.165) is 11.3 Å². The molecule has 4 N–H and O–H groups in total. The minimum Gasteiger partial charge on any atom is -0.399 e. The van der Waals surface area contributed by atoms with E-state index in [1.54, 1.807) is 0 Å². The van der Waals surface area contributed by atoms with E-state index in [1.165, 1.54) is 0 Å². The molecule has 1 aromatic heterocycles. The van der Waals surface area contributed by atoms with Crippen molar-refractivity contribution in [3.05, 3.63) is 71.0 Å². The van der Waals surface area contributed by atoms with Crippen molar-refractivity contribution in [2.24, 2.45) is 0 Å². The number of para-hydroxylation sites is 1. The highest BCUT2D eigenvalue weighted by atomic mass is 35.5. The quantitative estimate of drug-likeness (QED) is 0.514. The summed E-state index contributed by atoms with van der Waals surface area (Å²) >= 11 is 11.6. The van der Waals surface area contributed by atoms with Gasteiger partial charge in [-0.2, -0.15) is 0 Å². The summed E-state index contributed by atoms with van der Waals surface area (Å²) < 4.78 is 0. The van der Waals surface area contributed by atoms with Crippen molar-refractivity contribution >= 4 is 34.6 Å². The molecule has 112 valence electrons. The number of hydrogen-bond acceptors (Lipinski definition) is 4. The third-order valence-electron chi connectivity index (χ3n) is 2.68. The van der Waals surface area contributed by atoms with Gasteiger partial charge in [-0.25, -0.2) is 9.97 Å². The molecule has 0 saturated carbocycles. The molecule has 3 rings (SSSR count). The second-order valence-electron chi connectivity index (χ2n) is 4.32. The average molecular weight is 333 g/mol. The number of aromatic nitrogens is 2. The molecule has 0 amide bonds. The van der Waals surface area contributed by atoms with E-state index in [9.17, 15) is 0 Å². The highest BCUT2D eigenvalue weighted by molar-refractivity contribution is 6.37. The van der Waals surface area contributed by atoms with Gasteiger partial charge in [-0.3, -0.25) is 0 Å². The first-order chi connectivity index (χ1) is 10.6. The van der Waals surface area contributed by atoms with Crippen LogP contribution in [0.1, 0.15) is 0 Å². The van der Waals surface area contributed by atoms with Gasteiger partial charge in [0.15, 0.2) is 16.1 Å². The molecule has 3 aromatic rings. The number of benzene rings is 2. The lowest BCUT2D eigenvalue weighted by atomic mass is 10.2. The number of nitrogens with two attached hydrogens (primary N) is 2. The molecule has 22 heavy (non-hydrogen) atoms. The first-order valence-corrected chi connectivity index (χ1v) is 7.18. The topological polar surface area (TPSA) is 77.8 Å². The van der Waals surface area contributed by atoms with Gasteiger partial charge >= 0.3 is 0 Å². The summed E-state index contributed by atoms with van der Waals surface area (Å²) in [6, 6.07) is 18.9. The first-order valence-electron chi connectivity index (χ1n) is 6.42. The van der Waals surface area contributed by atoms with Gasteiger partial charge in [-0.15, -0.1) is 0 Å². The van der Waals surface area contributed by atoms with Crippen LogP contribution in [0, 0.1) is 0 Å². The number of nitrogen functional groups attached to an aromatic ring is 2. The van der Waals surface area contributed by atoms with Gasteiger partial charge in [0.2, 0.25) is 0 Å². The van der Waals surface area contributed by atoms with E-state index in [2.05, 4.69) is 9.97 Å². The molecule has 0 fully saturated rings. The molecule has 2 aromatic carbocycles. The standard InChI is InChI=1S/C10H7Cl2N3.C6H7N/c11-8-7(13)9(12)15-10(14-8)6-4-2-1-3-5-6;7-6-4-2-1-3-5-6/h1-5H,13H2;1-5H,7H2. The molecule has 1 heterocycles. The van der Waals surface area contributed by atoms with E-state index in [0.29, 0.717) is 5.82 Å². The molecular formula is C16H14Cl2N4. The van der Waals surface area contributed by atoms with Crippen molar-refractivity contribution in [1.82, 2.24) is 9.97 Å². The van der Waals surface area contributed by atoms with Crippen molar-refractivity contribution in [2.75, 3.05) is 11.5 Å². The highest BCUT2D eigenvalue weighted by Gasteiger charge is 2.09. The molecule has 0 unspecified atom stereocenters. The molecule has 0 aliphatic carbocycles. The van der Waals surface area contributed by atoms with Gasteiger partial charge < -0.3 is 11.5 Å². The van der Waals surface area contributed by atoms with Crippen LogP contribution in [0.3, 0.4) is 0 Å². The predicted octanol–water partition coefficient (Wildman–Crippen LogP) is 4.30. The summed E-state index contributed by atoms with van der Waals surface area (Å²) in [5, 5.41) is 0.350. The van der Waals surface area contributed by atoms with Crippen molar-refractivity contribution in [3.8, 4) is 11.4 Å². The SMILES string of the molecule is Nc1c(Cl)nc(-c2ccccc2)nc1Cl.Nc1ccccc1. The number of halogens is 2. The zero-order valence-electron chi connectivity index (χ0n) is 11.6. The van der Waals surface area contributed by atoms with E-state index >= 15 is 0 Å². The van der Waals surface area contributed by atoms with Crippen molar-refractivity contribution in [3.63, 3.8) is 0 Å². The average Bonchev–Trinajstić information content (AvgIpc) is 2.54. The molecule has 0 aliphatic heterocycles. The Morgan fingerprint density at radius 2 is 1.14 bits per heavy atom. The highest BCUT2D eigenvalue weighted by Crippen LogP contribution is 2.26. The molecule has 0 bridgehead atoms. The van der Waals surface area contributed by atoms with Gasteiger partial charge in [0.25, 0.3) is 0 Å². The first kappa shape index (κ1) is 16.1. The van der Waals surface area contributed by atoms with Gasteiger partial charge in [0, 0.05) is 11.3 Å². The lowest BCUT2D eigenvalue weighted by molar-refractivity contribution is 1.18. The Morgan fingerprint density at radius 3 is 1.55 bits per heavy atom. The Hall–Kier alpha value is -2.30. The zero-order chi connectivity index (χ0) is 15.9. The third kappa shape index (κ3) is 4.35. The Morgan fingerprint density at radius 1 is 0.682 bits per heavy atom. The van der Waals surface area contributed by atoms with Crippen LogP contribution in [0.2, 0.25) is 10.3 Å². The van der Waals surface area contributed by atoms with E-state index < -0.39 is 0 Å². The summed E-state index contributed by atoms with van der Waals surface area (Å²) in [6.07, 6.45) is 0. The molecule has 4 nitrogen and oxygen atoms in total. The van der Waals surface area contributed by atoms with Crippen LogP contribution in [0.4, 0.5) is 11.4 Å². The molecular weight excluding hydrogens is 319 g/mol. The third-order valence-corrected chi connectivity index (χ3v) is 3.26. The maximum absolute atomic E-state index is 5.81. The molecule has 0 saturated heterocycles. The molecule has 0 atom stereocenters. The fourth-order valence-corrected chi connectivity index (χ4v) is 1.97. The minimum atomic E-state index is 0.175. The fraction of sp³-hybridized carbons (Fsp3) is 0. The van der Waals surface area contributed by atoms with E-state index in [-0.39, 0.29) is 16.0 Å². The van der Waals surface area contributed by atoms with Crippen molar-refractivity contribution in [2.45, 2.75) is 0 Å². The maximum Gasteiger partial charge on any atom is 0.162 e. The smallest absolute Gasteiger partial charge is 0.162 e. The predicted molar refractivity (Wildman–Crippen MR) is 92.8 cm³/mol. The van der Waals surface area contributed by atoms with Crippen LogP contribution in [-0.2, 0) is 0 Å². The van der Waals surface area contributed by atoms with Gasteiger partial charge in [-0.1, -0.05) is 71.7 Å². The Labute approximate surface area is 138 Å². The number of anilines is 2. The lowest BCUT2D eigenvalue weighted by Gasteiger charge is -2.03. The van der Waals surface area contributed by atoms with Crippen molar-refractivity contribution in [1.29, 1.82) is 0 Å². The number of rotatable bonds is 1. The molecule has 0 aliphatic rings. The van der Waals surface area contributed by atoms with Gasteiger partial charge in [0.05, 0.1) is 0 Å². The van der Waals surface area contributed by atoms with Gasteiger partial charge in [0.1, 0.15) is 5.69 Å². The van der Waals surface area contributed by atoms with Crippen molar-refractivity contribution < 1.29 is 0 Å². The normalized spacial score (nSPS) is 9.73. The van der Waals surface area contributed by atoms with E-state index in [4.69, 9.17) is 34.7 Å². The summed E-state index contributed by atoms with van der Waals surface area (Å²) in [5.74, 6) is 0.472. The van der Waals surface area contributed by atoms with Crippen LogP contribution in [0.25, 0.3) is 11.4 Å².